The van der Waals surface area contributed by atoms with E-state index in [9.17, 15) is 9.59 Å². The van der Waals surface area contributed by atoms with E-state index in [1.165, 1.54) is 6.07 Å². The second-order valence-corrected chi connectivity index (χ2v) is 6.32. The first-order valence-corrected chi connectivity index (χ1v) is 8.14. The summed E-state index contributed by atoms with van der Waals surface area (Å²) in [6.07, 6.45) is -0.0896. The molecule has 120 valence electrons. The van der Waals surface area contributed by atoms with E-state index in [1.54, 1.807) is 17.9 Å². The van der Waals surface area contributed by atoms with Gasteiger partial charge in [-0.25, -0.2) is 4.79 Å². The number of rotatable bonds is 3. The number of carbonyl (C=O) groups excluding carboxylic acids is 2. The van der Waals surface area contributed by atoms with E-state index in [4.69, 9.17) is 9.15 Å². The van der Waals surface area contributed by atoms with Crippen LogP contribution >= 0.6 is 15.9 Å². The monoisotopic (exact) mass is 377 g/mol. The van der Waals surface area contributed by atoms with Crippen molar-refractivity contribution in [1.82, 2.24) is 0 Å². The van der Waals surface area contributed by atoms with Crippen molar-refractivity contribution in [3.8, 4) is 0 Å². The van der Waals surface area contributed by atoms with E-state index in [-0.39, 0.29) is 17.7 Å². The standard InChI is InChI=1S/C17H16BrNO4/c1-10-9-12-5-3-4-6-13(12)19(10)16(20)11(2)22-17(21)14-7-8-15(18)23-14/h3-8,10-11H,9H2,1-2H3/t10-,11+/m0/s1. The minimum Gasteiger partial charge on any atom is -0.447 e. The Morgan fingerprint density at radius 3 is 2.74 bits per heavy atom. The molecule has 0 saturated carbocycles. The van der Waals surface area contributed by atoms with E-state index in [0.29, 0.717) is 4.67 Å². The lowest BCUT2D eigenvalue weighted by Crippen LogP contribution is -2.43. The SMILES string of the molecule is C[C@@H](OC(=O)c1ccc(Br)o1)C(=O)N1c2ccccc2C[C@@H]1C. The molecule has 1 aliphatic rings. The molecule has 2 heterocycles. The number of furan rings is 1. The molecule has 3 rings (SSSR count). The van der Waals surface area contributed by atoms with Gasteiger partial charge in [0.15, 0.2) is 10.8 Å². The Bertz CT molecular complexity index is 755. The minimum absolute atomic E-state index is 0.0406. The first kappa shape index (κ1) is 15.8. The average molecular weight is 378 g/mol. The lowest BCUT2D eigenvalue weighted by atomic mass is 10.1. The van der Waals surface area contributed by atoms with Gasteiger partial charge in [-0.1, -0.05) is 18.2 Å². The average Bonchev–Trinajstić information content (AvgIpc) is 3.09. The maximum Gasteiger partial charge on any atom is 0.375 e. The Balaban J connectivity index is 1.74. The quantitative estimate of drug-likeness (QED) is 0.767. The normalized spacial score (nSPS) is 17.7. The number of ether oxygens (including phenoxy) is 1. The summed E-state index contributed by atoms with van der Waals surface area (Å²) in [4.78, 5) is 26.4. The summed E-state index contributed by atoms with van der Waals surface area (Å²) in [5, 5.41) is 0. The summed E-state index contributed by atoms with van der Waals surface area (Å²) < 4.78 is 10.8. The number of hydrogen-bond donors (Lipinski definition) is 0. The summed E-state index contributed by atoms with van der Waals surface area (Å²) in [7, 11) is 0. The molecule has 0 fully saturated rings. The second kappa shape index (κ2) is 6.20. The van der Waals surface area contributed by atoms with E-state index in [2.05, 4.69) is 15.9 Å². The van der Waals surface area contributed by atoms with Crippen LogP contribution < -0.4 is 4.90 Å². The molecule has 6 heteroatoms. The Labute approximate surface area is 142 Å². The number of fused-ring (bicyclic) bond motifs is 1. The third-order valence-electron chi connectivity index (χ3n) is 3.85. The molecular weight excluding hydrogens is 362 g/mol. The van der Waals surface area contributed by atoms with Crippen molar-refractivity contribution in [2.75, 3.05) is 4.90 Å². The summed E-state index contributed by atoms with van der Waals surface area (Å²) in [6, 6.07) is 10.9. The van der Waals surface area contributed by atoms with Crippen molar-refractivity contribution in [3.63, 3.8) is 0 Å². The molecular formula is C17H16BrNO4. The van der Waals surface area contributed by atoms with Crippen LogP contribution in [0.2, 0.25) is 0 Å². The molecule has 1 aliphatic heterocycles. The van der Waals surface area contributed by atoms with Gasteiger partial charge in [0, 0.05) is 11.7 Å². The number of anilines is 1. The largest absolute Gasteiger partial charge is 0.447 e. The topological polar surface area (TPSA) is 59.8 Å². The highest BCUT2D eigenvalue weighted by molar-refractivity contribution is 9.10. The molecule has 0 radical (unpaired) electrons. The fraction of sp³-hybridized carbons (Fsp3) is 0.294. The summed E-state index contributed by atoms with van der Waals surface area (Å²) >= 11 is 3.13. The number of carbonyl (C=O) groups is 2. The van der Waals surface area contributed by atoms with Gasteiger partial charge in [-0.05, 0) is 60.0 Å². The number of amides is 1. The van der Waals surface area contributed by atoms with Crippen LogP contribution in [0.15, 0.2) is 45.5 Å². The maximum atomic E-state index is 12.7. The molecule has 2 atom stereocenters. The van der Waals surface area contributed by atoms with Gasteiger partial charge in [0.25, 0.3) is 5.91 Å². The second-order valence-electron chi connectivity index (χ2n) is 5.54. The molecule has 0 bridgehead atoms. The highest BCUT2D eigenvalue weighted by Crippen LogP contribution is 2.32. The van der Waals surface area contributed by atoms with Crippen LogP contribution in [0.25, 0.3) is 0 Å². The van der Waals surface area contributed by atoms with Gasteiger partial charge in [-0.15, -0.1) is 0 Å². The van der Waals surface area contributed by atoms with Crippen LogP contribution in [-0.4, -0.2) is 24.0 Å². The zero-order valence-corrected chi connectivity index (χ0v) is 14.4. The zero-order chi connectivity index (χ0) is 16.6. The summed E-state index contributed by atoms with van der Waals surface area (Å²) in [5.74, 6) is -0.829. The van der Waals surface area contributed by atoms with Crippen molar-refractivity contribution in [3.05, 3.63) is 52.4 Å². The van der Waals surface area contributed by atoms with E-state index in [0.717, 1.165) is 17.7 Å². The molecule has 0 N–H and O–H groups in total. The van der Waals surface area contributed by atoms with Gasteiger partial charge in [-0.3, -0.25) is 4.79 Å². The first-order valence-electron chi connectivity index (χ1n) is 7.34. The van der Waals surface area contributed by atoms with Gasteiger partial charge in [0.1, 0.15) is 0 Å². The molecule has 0 spiro atoms. The lowest BCUT2D eigenvalue weighted by Gasteiger charge is -2.25. The van der Waals surface area contributed by atoms with E-state index in [1.807, 2.05) is 31.2 Å². The molecule has 0 saturated heterocycles. The van der Waals surface area contributed by atoms with Crippen LogP contribution in [0.4, 0.5) is 5.69 Å². The Morgan fingerprint density at radius 1 is 1.30 bits per heavy atom. The van der Waals surface area contributed by atoms with Crippen molar-refractivity contribution in [2.24, 2.45) is 0 Å². The predicted octanol–water partition coefficient (Wildman–Crippen LogP) is 3.57. The van der Waals surface area contributed by atoms with Crippen LogP contribution in [-0.2, 0) is 16.0 Å². The number of esters is 1. The third kappa shape index (κ3) is 3.03. The van der Waals surface area contributed by atoms with Crippen LogP contribution in [0.3, 0.4) is 0 Å². The van der Waals surface area contributed by atoms with E-state index >= 15 is 0 Å². The highest BCUT2D eigenvalue weighted by atomic mass is 79.9. The molecule has 1 amide bonds. The highest BCUT2D eigenvalue weighted by Gasteiger charge is 2.34. The summed E-state index contributed by atoms with van der Waals surface area (Å²) in [5.41, 5.74) is 2.01. The van der Waals surface area contributed by atoms with Crippen LogP contribution in [0.5, 0.6) is 0 Å². The van der Waals surface area contributed by atoms with Gasteiger partial charge >= 0.3 is 5.97 Å². The molecule has 1 aromatic carbocycles. The Kier molecular flexibility index (Phi) is 4.26. The molecule has 2 aromatic rings. The number of benzene rings is 1. The lowest BCUT2D eigenvalue weighted by molar-refractivity contribution is -0.126. The molecule has 0 unspecified atom stereocenters. The zero-order valence-electron chi connectivity index (χ0n) is 12.8. The smallest absolute Gasteiger partial charge is 0.375 e. The molecule has 0 aliphatic carbocycles. The van der Waals surface area contributed by atoms with Gasteiger partial charge in [0.2, 0.25) is 5.76 Å². The Hall–Kier alpha value is -2.08. The van der Waals surface area contributed by atoms with Crippen LogP contribution in [0, 0.1) is 0 Å². The van der Waals surface area contributed by atoms with Gasteiger partial charge in [-0.2, -0.15) is 0 Å². The predicted molar refractivity (Wildman–Crippen MR) is 88.4 cm³/mol. The first-order chi connectivity index (χ1) is 11.0. The fourth-order valence-electron chi connectivity index (χ4n) is 2.79. The van der Waals surface area contributed by atoms with Crippen LogP contribution in [0.1, 0.15) is 30.0 Å². The van der Waals surface area contributed by atoms with Crippen molar-refractivity contribution in [1.29, 1.82) is 0 Å². The summed E-state index contributed by atoms with van der Waals surface area (Å²) in [6.45, 7) is 3.56. The van der Waals surface area contributed by atoms with Crippen molar-refractivity contribution < 1.29 is 18.7 Å². The van der Waals surface area contributed by atoms with Crippen molar-refractivity contribution >= 4 is 33.5 Å². The maximum absolute atomic E-state index is 12.7. The molecule has 5 nitrogen and oxygen atoms in total. The minimum atomic E-state index is -0.889. The number of hydrogen-bond acceptors (Lipinski definition) is 4. The number of para-hydroxylation sites is 1. The Morgan fingerprint density at radius 2 is 2.04 bits per heavy atom. The molecule has 23 heavy (non-hydrogen) atoms. The molecule has 1 aromatic heterocycles. The number of nitrogens with zero attached hydrogens (tertiary/aromatic N) is 1. The fourth-order valence-corrected chi connectivity index (χ4v) is 3.10. The van der Waals surface area contributed by atoms with E-state index < -0.39 is 12.1 Å². The van der Waals surface area contributed by atoms with Crippen molar-refractivity contribution in [2.45, 2.75) is 32.4 Å². The van der Waals surface area contributed by atoms with Gasteiger partial charge in [0.05, 0.1) is 0 Å². The number of halogens is 1. The van der Waals surface area contributed by atoms with Gasteiger partial charge < -0.3 is 14.1 Å². The third-order valence-corrected chi connectivity index (χ3v) is 4.28.